The van der Waals surface area contributed by atoms with Crippen LogP contribution in [0.2, 0.25) is 5.02 Å². The average Bonchev–Trinajstić information content (AvgIpc) is 3.13. The van der Waals surface area contributed by atoms with Crippen LogP contribution < -0.4 is 5.73 Å². The maximum absolute atomic E-state index is 14.4. The van der Waals surface area contributed by atoms with Gasteiger partial charge in [-0.25, -0.2) is 0 Å². The number of carbonyl (C=O) groups excluding carboxylic acids is 1. The zero-order chi connectivity index (χ0) is 32.7. The first-order chi connectivity index (χ1) is 22.9. The van der Waals surface area contributed by atoms with E-state index in [0.29, 0.717) is 16.3 Å². The highest BCUT2D eigenvalue weighted by atomic mass is 35.5. The molecular formula is C42H36ClNO2S. The molecule has 6 aromatic carbocycles. The molecule has 3 nitrogen and oxygen atoms in total. The zero-order valence-corrected chi connectivity index (χ0v) is 27.7. The smallest absolute Gasteiger partial charge is 0.325 e. The van der Waals surface area contributed by atoms with Gasteiger partial charge in [0.2, 0.25) is 0 Å². The van der Waals surface area contributed by atoms with Gasteiger partial charge in [0.05, 0.1) is 4.75 Å². The molecule has 5 heteroatoms. The fourth-order valence-corrected chi connectivity index (χ4v) is 7.88. The van der Waals surface area contributed by atoms with E-state index < -0.39 is 22.4 Å². The first-order valence-corrected chi connectivity index (χ1v) is 17.0. The fraction of sp³-hybridized carbons (Fsp3) is 0.119. The Bertz CT molecular complexity index is 1810. The molecule has 47 heavy (non-hydrogen) atoms. The summed E-state index contributed by atoms with van der Waals surface area (Å²) in [4.78, 5) is 14.4. The highest BCUT2D eigenvalue weighted by Crippen LogP contribution is 2.49. The summed E-state index contributed by atoms with van der Waals surface area (Å²) in [5.74, 6) is -0.233. The molecular weight excluding hydrogens is 618 g/mol. The topological polar surface area (TPSA) is 52.3 Å². The number of rotatable bonds is 11. The zero-order valence-electron chi connectivity index (χ0n) is 26.1. The minimum atomic E-state index is -1.33. The van der Waals surface area contributed by atoms with E-state index in [4.69, 9.17) is 22.1 Å². The monoisotopic (exact) mass is 653 g/mol. The fourth-order valence-electron chi connectivity index (χ4n) is 6.14. The van der Waals surface area contributed by atoms with Gasteiger partial charge in [-0.05, 0) is 29.7 Å². The highest BCUT2D eigenvalue weighted by molar-refractivity contribution is 8.00. The van der Waals surface area contributed by atoms with Crippen molar-refractivity contribution in [3.63, 3.8) is 0 Å². The number of hydrogen-bond donors (Lipinski definition) is 1. The van der Waals surface area contributed by atoms with Gasteiger partial charge in [0.15, 0.2) is 5.60 Å². The third-order valence-corrected chi connectivity index (χ3v) is 10.5. The van der Waals surface area contributed by atoms with E-state index >= 15 is 0 Å². The van der Waals surface area contributed by atoms with Crippen molar-refractivity contribution in [2.45, 2.75) is 23.3 Å². The second-order valence-corrected chi connectivity index (χ2v) is 13.2. The lowest BCUT2D eigenvalue weighted by Gasteiger charge is -2.38. The van der Waals surface area contributed by atoms with Crippen molar-refractivity contribution in [2.24, 2.45) is 5.73 Å². The number of thioether (sulfide) groups is 1. The van der Waals surface area contributed by atoms with Crippen LogP contribution in [0.5, 0.6) is 0 Å². The molecule has 0 aliphatic rings. The molecule has 0 fully saturated rings. The normalized spacial score (nSPS) is 13.3. The second kappa shape index (κ2) is 14.4. The van der Waals surface area contributed by atoms with E-state index in [1.54, 1.807) is 11.8 Å². The van der Waals surface area contributed by atoms with Crippen LogP contribution in [-0.4, -0.2) is 17.8 Å². The summed E-state index contributed by atoms with van der Waals surface area (Å²) < 4.78 is 6.07. The molecule has 2 N–H and O–H groups in total. The molecule has 1 unspecified atom stereocenters. The molecule has 0 saturated carbocycles. The Morgan fingerprint density at radius 3 is 1.49 bits per heavy atom. The van der Waals surface area contributed by atoms with Gasteiger partial charge < -0.3 is 10.5 Å². The molecule has 234 valence electrons. The van der Waals surface area contributed by atoms with Gasteiger partial charge >= 0.3 is 5.97 Å². The van der Waals surface area contributed by atoms with Gasteiger partial charge in [-0.3, -0.25) is 4.79 Å². The lowest BCUT2D eigenvalue weighted by Crippen LogP contribution is -2.43. The van der Waals surface area contributed by atoms with Crippen molar-refractivity contribution in [2.75, 3.05) is 5.75 Å². The Balaban J connectivity index is 1.42. The predicted molar refractivity (Wildman–Crippen MR) is 195 cm³/mol. The van der Waals surface area contributed by atoms with Crippen LogP contribution >= 0.6 is 23.4 Å². The molecule has 0 amide bonds. The van der Waals surface area contributed by atoms with E-state index in [2.05, 4.69) is 36.4 Å². The number of halogens is 1. The third kappa shape index (κ3) is 6.50. The van der Waals surface area contributed by atoms with Crippen LogP contribution in [0.3, 0.4) is 0 Å². The van der Waals surface area contributed by atoms with Crippen molar-refractivity contribution < 1.29 is 9.53 Å². The molecule has 0 aliphatic heterocycles. The van der Waals surface area contributed by atoms with Crippen LogP contribution in [0.15, 0.2) is 170 Å². The molecule has 0 aromatic heterocycles. The van der Waals surface area contributed by atoms with Crippen LogP contribution in [0.25, 0.3) is 0 Å². The number of esters is 1. The van der Waals surface area contributed by atoms with E-state index in [-0.39, 0.29) is 0 Å². The quantitative estimate of drug-likeness (QED) is 0.112. The first kappa shape index (κ1) is 32.3. The minimum absolute atomic E-state index is 0.290. The maximum atomic E-state index is 14.4. The largest absolute Gasteiger partial charge is 0.443 e. The van der Waals surface area contributed by atoms with E-state index in [9.17, 15) is 4.79 Å². The Morgan fingerprint density at radius 1 is 0.617 bits per heavy atom. The van der Waals surface area contributed by atoms with Gasteiger partial charge in [-0.15, -0.1) is 11.8 Å². The lowest BCUT2D eigenvalue weighted by molar-refractivity contribution is -0.154. The van der Waals surface area contributed by atoms with Gasteiger partial charge in [0.1, 0.15) is 6.04 Å². The van der Waals surface area contributed by atoms with Crippen molar-refractivity contribution in [3.05, 3.63) is 214 Å². The summed E-state index contributed by atoms with van der Waals surface area (Å²) in [5.41, 5.74) is 12.1. The maximum Gasteiger partial charge on any atom is 0.325 e. The molecule has 0 bridgehead atoms. The number of nitrogens with two attached hydrogens (primary N) is 1. The number of hydrogen-bond acceptors (Lipinski definition) is 4. The van der Waals surface area contributed by atoms with Crippen molar-refractivity contribution in [3.8, 4) is 0 Å². The third-order valence-electron chi connectivity index (χ3n) is 8.47. The van der Waals surface area contributed by atoms with Gasteiger partial charge in [-0.2, -0.15) is 0 Å². The molecule has 0 spiro atoms. The summed E-state index contributed by atoms with van der Waals surface area (Å²) in [6, 6.07) is 55.4. The van der Waals surface area contributed by atoms with E-state index in [1.807, 2.05) is 140 Å². The molecule has 0 aliphatic carbocycles. The molecule has 0 heterocycles. The summed E-state index contributed by atoms with van der Waals surface area (Å²) in [5, 5.41) is 0.490. The van der Waals surface area contributed by atoms with Gasteiger partial charge in [0.25, 0.3) is 0 Å². The van der Waals surface area contributed by atoms with Crippen LogP contribution in [0.1, 0.15) is 38.9 Å². The summed E-state index contributed by atoms with van der Waals surface area (Å²) >= 11 is 8.53. The molecule has 6 rings (SSSR count). The molecule has 6 aromatic rings. The molecule has 0 radical (unpaired) electrons. The standard InChI is InChI=1S/C42H36ClNO2S/c1-31-26-28-33(29-27-31)41(32-16-6-2-7-17-32,37-24-14-15-25-38(37)43)46-40(45)39(44)30-47-42(34-18-8-3-9-19-34,35-20-10-4-11-21-35)36-22-12-5-13-23-36/h2-29,39H,30,44H2,1H3/t39-,41?/m1/s1. The average molecular weight is 654 g/mol. The Morgan fingerprint density at radius 2 is 1.02 bits per heavy atom. The predicted octanol–water partition coefficient (Wildman–Crippen LogP) is 9.54. The van der Waals surface area contributed by atoms with E-state index in [0.717, 1.165) is 33.4 Å². The summed E-state index contributed by atoms with van der Waals surface area (Å²) in [6.07, 6.45) is 0. The SMILES string of the molecule is Cc1ccc(C(OC(=O)[C@H](N)CSC(c2ccccc2)(c2ccccc2)c2ccccc2)(c2ccccc2)c2ccccc2Cl)cc1. The molecule has 2 atom stereocenters. The number of benzene rings is 6. The van der Waals surface area contributed by atoms with Crippen LogP contribution in [0, 0.1) is 6.92 Å². The van der Waals surface area contributed by atoms with Crippen molar-refractivity contribution in [1.82, 2.24) is 0 Å². The Kier molecular flexibility index (Phi) is 9.93. The second-order valence-electron chi connectivity index (χ2n) is 11.5. The molecule has 0 saturated heterocycles. The first-order valence-electron chi connectivity index (χ1n) is 15.6. The van der Waals surface area contributed by atoms with Gasteiger partial charge in [0, 0.05) is 27.5 Å². The Hall–Kier alpha value is -4.61. The highest BCUT2D eigenvalue weighted by Gasteiger charge is 2.44. The van der Waals surface area contributed by atoms with E-state index in [1.165, 1.54) is 0 Å². The van der Waals surface area contributed by atoms with Gasteiger partial charge in [-0.1, -0.05) is 181 Å². The van der Waals surface area contributed by atoms with Crippen LogP contribution in [0.4, 0.5) is 0 Å². The number of aryl methyl sites for hydroxylation is 1. The number of carbonyl (C=O) groups is 1. The summed E-state index contributed by atoms with van der Waals surface area (Å²) in [7, 11) is 0. The number of ether oxygens (including phenoxy) is 1. The van der Waals surface area contributed by atoms with Crippen LogP contribution in [-0.2, 0) is 19.9 Å². The summed E-state index contributed by atoms with van der Waals surface area (Å²) in [6.45, 7) is 2.03. The lowest BCUT2D eigenvalue weighted by atomic mass is 9.79. The van der Waals surface area contributed by atoms with Crippen molar-refractivity contribution in [1.29, 1.82) is 0 Å². The van der Waals surface area contributed by atoms with Crippen molar-refractivity contribution >= 4 is 29.3 Å². The minimum Gasteiger partial charge on any atom is -0.443 e. The Labute approximate surface area is 286 Å².